The van der Waals surface area contributed by atoms with Gasteiger partial charge in [-0.3, -0.25) is 4.79 Å². The van der Waals surface area contributed by atoms with Crippen molar-refractivity contribution in [3.8, 4) is 0 Å². The highest BCUT2D eigenvalue weighted by atomic mass is 32.2. The maximum Gasteiger partial charge on any atom is 0.278 e. The van der Waals surface area contributed by atoms with Crippen LogP contribution in [-0.2, 0) is 0 Å². The molecule has 0 aliphatic carbocycles. The third-order valence-corrected chi connectivity index (χ3v) is 1.65. The Kier molecular flexibility index (Phi) is 6.36. The molecule has 0 saturated carbocycles. The van der Waals surface area contributed by atoms with Gasteiger partial charge in [-0.15, -0.1) is 0 Å². The topological polar surface area (TPSA) is 41.1 Å². The summed E-state index contributed by atoms with van der Waals surface area (Å²) in [6.07, 6.45) is 1.77. The van der Waals surface area contributed by atoms with E-state index in [-0.39, 0.29) is 5.24 Å². The molecule has 0 fully saturated rings. The minimum Gasteiger partial charge on any atom is -0.346 e. The van der Waals surface area contributed by atoms with Crippen LogP contribution in [0.15, 0.2) is 0 Å². The van der Waals surface area contributed by atoms with Crippen molar-refractivity contribution in [2.75, 3.05) is 19.3 Å². The van der Waals surface area contributed by atoms with Gasteiger partial charge in [0.2, 0.25) is 0 Å². The van der Waals surface area contributed by atoms with E-state index in [4.69, 9.17) is 0 Å². The summed E-state index contributed by atoms with van der Waals surface area (Å²) in [4.78, 5) is 10.7. The Labute approximate surface area is 72.3 Å². The second-order valence-corrected chi connectivity index (χ2v) is 3.31. The van der Waals surface area contributed by atoms with E-state index in [1.165, 1.54) is 11.8 Å². The van der Waals surface area contributed by atoms with Gasteiger partial charge in [0.1, 0.15) is 0 Å². The lowest BCUT2D eigenvalue weighted by atomic mass is 10.4. The van der Waals surface area contributed by atoms with Gasteiger partial charge in [0.05, 0.1) is 0 Å². The highest BCUT2D eigenvalue weighted by molar-refractivity contribution is 8.12. The first-order chi connectivity index (χ1) is 5.16. The first kappa shape index (κ1) is 10.8. The molecule has 4 heteroatoms. The van der Waals surface area contributed by atoms with Crippen molar-refractivity contribution in [3.63, 3.8) is 0 Å². The standard InChI is InChI=1S/C7H16N2OS/c1-6(2)8-4-5-9-7(10)11-3/h6,8H,4-5H2,1-3H3,(H,9,10). The zero-order valence-corrected chi connectivity index (χ0v) is 8.12. The first-order valence-corrected chi connectivity index (χ1v) is 4.94. The Balaban J connectivity index is 3.08. The first-order valence-electron chi connectivity index (χ1n) is 3.72. The number of hydrogen-bond acceptors (Lipinski definition) is 3. The average molecular weight is 176 g/mol. The zero-order valence-electron chi connectivity index (χ0n) is 7.31. The Morgan fingerprint density at radius 1 is 1.45 bits per heavy atom. The Hall–Kier alpha value is -0.220. The van der Waals surface area contributed by atoms with Gasteiger partial charge in [-0.05, 0) is 6.26 Å². The summed E-state index contributed by atoms with van der Waals surface area (Å²) >= 11 is 1.21. The lowest BCUT2D eigenvalue weighted by Gasteiger charge is -2.07. The van der Waals surface area contributed by atoms with Crippen LogP contribution in [0, 0.1) is 0 Å². The predicted molar refractivity (Wildman–Crippen MR) is 50.1 cm³/mol. The molecule has 0 aromatic heterocycles. The summed E-state index contributed by atoms with van der Waals surface area (Å²) in [5.41, 5.74) is 0. The zero-order chi connectivity index (χ0) is 8.69. The summed E-state index contributed by atoms with van der Waals surface area (Å²) in [6, 6.07) is 0.487. The Morgan fingerprint density at radius 2 is 2.09 bits per heavy atom. The molecular formula is C7H16N2OS. The van der Waals surface area contributed by atoms with E-state index in [0.717, 1.165) is 6.54 Å². The number of thioether (sulfide) groups is 1. The van der Waals surface area contributed by atoms with Crippen LogP contribution in [0.4, 0.5) is 4.79 Å². The normalized spacial score (nSPS) is 10.2. The fourth-order valence-electron chi connectivity index (χ4n) is 0.598. The molecule has 66 valence electrons. The summed E-state index contributed by atoms with van der Waals surface area (Å²) in [7, 11) is 0. The van der Waals surface area contributed by atoms with Crippen molar-refractivity contribution in [1.29, 1.82) is 0 Å². The predicted octanol–water partition coefficient (Wildman–Crippen LogP) is 1.06. The molecule has 11 heavy (non-hydrogen) atoms. The average Bonchev–Trinajstić information content (AvgIpc) is 1.97. The highest BCUT2D eigenvalue weighted by Gasteiger charge is 1.95. The number of amides is 1. The molecule has 3 nitrogen and oxygen atoms in total. The van der Waals surface area contributed by atoms with Gasteiger partial charge in [-0.25, -0.2) is 0 Å². The largest absolute Gasteiger partial charge is 0.346 e. The van der Waals surface area contributed by atoms with E-state index in [9.17, 15) is 4.79 Å². The molecule has 0 rings (SSSR count). The monoisotopic (exact) mass is 176 g/mol. The fraction of sp³-hybridized carbons (Fsp3) is 0.857. The van der Waals surface area contributed by atoms with Crippen LogP contribution in [0.2, 0.25) is 0 Å². The van der Waals surface area contributed by atoms with E-state index in [1.807, 2.05) is 0 Å². The minimum absolute atomic E-state index is 0.0376. The lowest BCUT2D eigenvalue weighted by molar-refractivity contribution is 0.260. The number of nitrogens with one attached hydrogen (secondary N) is 2. The van der Waals surface area contributed by atoms with Crippen LogP contribution < -0.4 is 10.6 Å². The maximum atomic E-state index is 10.7. The van der Waals surface area contributed by atoms with Gasteiger partial charge in [-0.1, -0.05) is 25.6 Å². The van der Waals surface area contributed by atoms with E-state index in [2.05, 4.69) is 24.5 Å². The molecular weight excluding hydrogens is 160 g/mol. The third-order valence-electron chi connectivity index (χ3n) is 1.13. The van der Waals surface area contributed by atoms with Crippen LogP contribution in [-0.4, -0.2) is 30.6 Å². The SMILES string of the molecule is CSC(=O)NCCNC(C)C. The number of hydrogen-bond donors (Lipinski definition) is 2. The van der Waals surface area contributed by atoms with Crippen molar-refractivity contribution in [2.24, 2.45) is 0 Å². The molecule has 0 aliphatic rings. The van der Waals surface area contributed by atoms with Crippen LogP contribution in [0.1, 0.15) is 13.8 Å². The highest BCUT2D eigenvalue weighted by Crippen LogP contribution is 1.90. The molecule has 1 amide bonds. The van der Waals surface area contributed by atoms with Crippen molar-refractivity contribution >= 4 is 17.0 Å². The number of carbonyl (C=O) groups excluding carboxylic acids is 1. The van der Waals surface area contributed by atoms with E-state index in [0.29, 0.717) is 12.6 Å². The summed E-state index contributed by atoms with van der Waals surface area (Å²) < 4.78 is 0. The summed E-state index contributed by atoms with van der Waals surface area (Å²) in [5, 5.41) is 5.99. The summed E-state index contributed by atoms with van der Waals surface area (Å²) in [6.45, 7) is 5.70. The van der Waals surface area contributed by atoms with Gasteiger partial charge >= 0.3 is 0 Å². The molecule has 0 saturated heterocycles. The molecule has 0 aromatic carbocycles. The smallest absolute Gasteiger partial charge is 0.278 e. The second kappa shape index (κ2) is 6.49. The van der Waals surface area contributed by atoms with Gasteiger partial charge < -0.3 is 10.6 Å². The second-order valence-electron chi connectivity index (χ2n) is 2.53. The molecule has 0 spiro atoms. The van der Waals surface area contributed by atoms with E-state index in [1.54, 1.807) is 6.26 Å². The van der Waals surface area contributed by atoms with Gasteiger partial charge in [0.15, 0.2) is 0 Å². The van der Waals surface area contributed by atoms with Gasteiger partial charge in [0, 0.05) is 19.1 Å². The molecule has 0 bridgehead atoms. The number of rotatable bonds is 4. The third kappa shape index (κ3) is 7.68. The summed E-state index contributed by atoms with van der Waals surface area (Å²) in [5.74, 6) is 0. The molecule has 0 atom stereocenters. The van der Waals surface area contributed by atoms with Crippen molar-refractivity contribution in [3.05, 3.63) is 0 Å². The van der Waals surface area contributed by atoms with Crippen molar-refractivity contribution < 1.29 is 4.79 Å². The quantitative estimate of drug-likeness (QED) is 0.629. The molecule has 0 aromatic rings. The maximum absolute atomic E-state index is 10.7. The molecule has 0 heterocycles. The molecule has 2 N–H and O–H groups in total. The lowest BCUT2D eigenvalue weighted by Crippen LogP contribution is -2.32. The Bertz CT molecular complexity index is 117. The van der Waals surface area contributed by atoms with Crippen molar-refractivity contribution in [1.82, 2.24) is 10.6 Å². The minimum atomic E-state index is 0.0376. The fourth-order valence-corrected chi connectivity index (χ4v) is 0.844. The van der Waals surface area contributed by atoms with E-state index < -0.39 is 0 Å². The molecule has 0 unspecified atom stereocenters. The van der Waals surface area contributed by atoms with Gasteiger partial charge in [0.25, 0.3) is 5.24 Å². The molecule has 0 aliphatic heterocycles. The van der Waals surface area contributed by atoms with Gasteiger partial charge in [-0.2, -0.15) is 0 Å². The van der Waals surface area contributed by atoms with Crippen LogP contribution >= 0.6 is 11.8 Å². The Morgan fingerprint density at radius 3 is 2.55 bits per heavy atom. The number of carbonyl (C=O) groups is 1. The van der Waals surface area contributed by atoms with E-state index >= 15 is 0 Å². The van der Waals surface area contributed by atoms with Crippen LogP contribution in [0.5, 0.6) is 0 Å². The molecule has 0 radical (unpaired) electrons. The van der Waals surface area contributed by atoms with Crippen molar-refractivity contribution in [2.45, 2.75) is 19.9 Å². The van der Waals surface area contributed by atoms with Crippen LogP contribution in [0.25, 0.3) is 0 Å². The van der Waals surface area contributed by atoms with Crippen LogP contribution in [0.3, 0.4) is 0 Å².